The minimum Gasteiger partial charge on any atom is -0.381 e. The molecule has 4 saturated heterocycles. The SMILES string of the molecule is CCN(c1cc(-c2ccc(CN3CCC(CN4CCN(c5ccc6c(c5)C(=O)N(C5CCC(=O)NC5=O)C6=O)CC4)CC3)cc2)cc(C(=O)CCc2c(C)cc(C)[nH]c2=O)c1C)C1CCOCC1. The Bertz CT molecular complexity index is 2640. The molecular weight excluding hydrogens is 859 g/mol. The molecule has 9 rings (SSSR count). The van der Waals surface area contributed by atoms with Gasteiger partial charge >= 0.3 is 0 Å². The van der Waals surface area contributed by atoms with Crippen molar-refractivity contribution in [3.8, 4) is 11.1 Å². The predicted octanol–water partition coefficient (Wildman–Crippen LogP) is 6.22. The van der Waals surface area contributed by atoms with Crippen LogP contribution in [-0.4, -0.2) is 127 Å². The van der Waals surface area contributed by atoms with E-state index < -0.39 is 23.8 Å². The van der Waals surface area contributed by atoms with Gasteiger partial charge in [0, 0.05) is 106 Å². The number of carbonyl (C=O) groups is 5. The van der Waals surface area contributed by atoms with E-state index in [9.17, 15) is 28.8 Å². The Hall–Kier alpha value is -5.96. The van der Waals surface area contributed by atoms with Crippen molar-refractivity contribution in [2.24, 2.45) is 5.92 Å². The van der Waals surface area contributed by atoms with Gasteiger partial charge in [0.05, 0.1) is 11.1 Å². The Morgan fingerprint density at radius 2 is 1.49 bits per heavy atom. The van der Waals surface area contributed by atoms with Crippen molar-refractivity contribution in [3.63, 3.8) is 0 Å². The third-order valence-corrected chi connectivity index (χ3v) is 15.1. The van der Waals surface area contributed by atoms with Gasteiger partial charge in [-0.25, -0.2) is 0 Å². The van der Waals surface area contributed by atoms with E-state index in [2.05, 4.69) is 80.1 Å². The fourth-order valence-electron chi connectivity index (χ4n) is 11.2. The van der Waals surface area contributed by atoms with Crippen LogP contribution in [0, 0.1) is 26.7 Å². The van der Waals surface area contributed by atoms with Gasteiger partial charge in [-0.1, -0.05) is 24.3 Å². The lowest BCUT2D eigenvalue weighted by molar-refractivity contribution is -0.136. The molecular formula is C54H65N7O7. The molecule has 4 aromatic rings. The quantitative estimate of drug-likeness (QED) is 0.109. The highest BCUT2D eigenvalue weighted by Crippen LogP contribution is 2.36. The van der Waals surface area contributed by atoms with Crippen molar-refractivity contribution in [1.29, 1.82) is 0 Å². The van der Waals surface area contributed by atoms with E-state index in [1.54, 1.807) is 12.1 Å². The molecule has 1 aromatic heterocycles. The largest absolute Gasteiger partial charge is 0.381 e. The van der Waals surface area contributed by atoms with Crippen LogP contribution < -0.4 is 20.7 Å². The summed E-state index contributed by atoms with van der Waals surface area (Å²) in [5.41, 5.74) is 9.97. The van der Waals surface area contributed by atoms with Crippen molar-refractivity contribution in [2.75, 3.05) is 75.4 Å². The van der Waals surface area contributed by atoms with Crippen LogP contribution in [0.2, 0.25) is 0 Å². The molecule has 358 valence electrons. The third-order valence-electron chi connectivity index (χ3n) is 15.1. The first kappa shape index (κ1) is 47.1. The van der Waals surface area contributed by atoms with Crippen molar-refractivity contribution in [3.05, 3.63) is 116 Å². The molecule has 14 nitrogen and oxygen atoms in total. The number of anilines is 2. The number of nitrogens with zero attached hydrogens (tertiary/aromatic N) is 5. The number of hydrogen-bond donors (Lipinski definition) is 2. The number of ether oxygens (including phenoxy) is 1. The Morgan fingerprint density at radius 1 is 0.765 bits per heavy atom. The number of nitrogens with one attached hydrogen (secondary N) is 2. The summed E-state index contributed by atoms with van der Waals surface area (Å²) in [6.45, 7) is 17.9. The van der Waals surface area contributed by atoms with Crippen LogP contribution in [0.5, 0.6) is 0 Å². The zero-order chi connectivity index (χ0) is 47.6. The van der Waals surface area contributed by atoms with Crippen molar-refractivity contribution in [1.82, 2.24) is 25.0 Å². The first-order chi connectivity index (χ1) is 32.8. The van der Waals surface area contributed by atoms with Gasteiger partial charge in [-0.05, 0) is 149 Å². The molecule has 3 aromatic carbocycles. The molecule has 0 aliphatic carbocycles. The van der Waals surface area contributed by atoms with Gasteiger partial charge < -0.3 is 19.5 Å². The summed E-state index contributed by atoms with van der Waals surface area (Å²) in [6.07, 6.45) is 5.07. The lowest BCUT2D eigenvalue weighted by atomic mass is 9.91. The molecule has 4 amide bonds. The van der Waals surface area contributed by atoms with E-state index in [4.69, 9.17) is 4.74 Å². The molecule has 0 spiro atoms. The summed E-state index contributed by atoms with van der Waals surface area (Å²) in [6, 6.07) is 19.9. The van der Waals surface area contributed by atoms with Gasteiger partial charge in [-0.2, -0.15) is 0 Å². The molecule has 5 aliphatic heterocycles. The molecule has 2 N–H and O–H groups in total. The number of imide groups is 2. The van der Waals surface area contributed by atoms with E-state index in [1.807, 2.05) is 26.0 Å². The standard InChI is InChI=1S/C54H65N7O7/c1-5-60(41-18-26-68-27-19-41)48-30-40(29-45(36(48)4)49(62)14-12-43-34(2)28-35(3)55-51(43)64)39-8-6-37(7-9-39)32-57-20-16-38(17-21-57)33-58-22-24-59(25-23-58)42-10-11-44-46(31-42)54(67)61(53(44)66)47-13-15-50(63)56-52(47)65/h6-11,28-31,38,41,47H,5,12-27,32-33H2,1-4H3,(H,55,64)(H,56,63,65). The Labute approximate surface area is 399 Å². The summed E-state index contributed by atoms with van der Waals surface area (Å²) >= 11 is 0. The molecule has 5 aliphatic rings. The number of benzene rings is 3. The number of amides is 4. The maximum absolute atomic E-state index is 14.1. The van der Waals surface area contributed by atoms with Gasteiger partial charge in [0.25, 0.3) is 17.4 Å². The zero-order valence-electron chi connectivity index (χ0n) is 40.0. The minimum atomic E-state index is -0.972. The van der Waals surface area contributed by atoms with Crippen LogP contribution in [0.1, 0.15) is 111 Å². The monoisotopic (exact) mass is 923 g/mol. The number of likely N-dealkylation sites (tertiary alicyclic amines) is 1. The van der Waals surface area contributed by atoms with Crippen LogP contribution in [0.4, 0.5) is 11.4 Å². The number of aryl methyl sites for hydroxylation is 2. The Morgan fingerprint density at radius 3 is 2.18 bits per heavy atom. The average molecular weight is 924 g/mol. The first-order valence-electron chi connectivity index (χ1n) is 24.7. The van der Waals surface area contributed by atoms with Gasteiger partial charge in [0.15, 0.2) is 5.78 Å². The van der Waals surface area contributed by atoms with Gasteiger partial charge in [0.2, 0.25) is 11.8 Å². The van der Waals surface area contributed by atoms with E-state index in [0.717, 1.165) is 148 Å². The molecule has 14 heteroatoms. The summed E-state index contributed by atoms with van der Waals surface area (Å²) < 4.78 is 5.72. The first-order valence-corrected chi connectivity index (χ1v) is 24.7. The highest BCUT2D eigenvalue weighted by molar-refractivity contribution is 6.23. The molecule has 4 fully saturated rings. The molecule has 0 bridgehead atoms. The fourth-order valence-corrected chi connectivity index (χ4v) is 11.2. The minimum absolute atomic E-state index is 0.0476. The topological polar surface area (TPSA) is 156 Å². The molecule has 68 heavy (non-hydrogen) atoms. The second-order valence-corrected chi connectivity index (χ2v) is 19.5. The number of piperazine rings is 1. The third kappa shape index (κ3) is 9.95. The molecule has 6 heterocycles. The second-order valence-electron chi connectivity index (χ2n) is 19.5. The molecule has 0 saturated carbocycles. The Kier molecular flexibility index (Phi) is 14.1. The summed E-state index contributed by atoms with van der Waals surface area (Å²) in [7, 11) is 0. The number of rotatable bonds is 14. The maximum atomic E-state index is 14.1. The maximum Gasteiger partial charge on any atom is 0.262 e. The van der Waals surface area contributed by atoms with E-state index in [1.165, 1.54) is 5.56 Å². The number of fused-ring (bicyclic) bond motifs is 1. The summed E-state index contributed by atoms with van der Waals surface area (Å²) in [4.78, 5) is 91.5. The molecule has 0 radical (unpaired) electrons. The number of ketones is 1. The number of aromatic amines is 1. The Balaban J connectivity index is 0.792. The zero-order valence-corrected chi connectivity index (χ0v) is 40.0. The van der Waals surface area contributed by atoms with Crippen LogP contribution >= 0.6 is 0 Å². The highest BCUT2D eigenvalue weighted by Gasteiger charge is 2.45. The highest BCUT2D eigenvalue weighted by atomic mass is 16.5. The smallest absolute Gasteiger partial charge is 0.262 e. The van der Waals surface area contributed by atoms with Crippen LogP contribution in [0.15, 0.2) is 65.5 Å². The van der Waals surface area contributed by atoms with Gasteiger partial charge in [-0.3, -0.25) is 48.8 Å². The average Bonchev–Trinajstić information content (AvgIpc) is 3.58. The molecule has 1 unspecified atom stereocenters. The number of carbonyl (C=O) groups excluding carboxylic acids is 5. The number of piperidine rings is 2. The van der Waals surface area contributed by atoms with Crippen LogP contribution in [0.3, 0.4) is 0 Å². The number of Topliss-reactive ketones (excluding diaryl/α,β-unsaturated/α-hetero) is 1. The molecule has 1 atom stereocenters. The summed E-state index contributed by atoms with van der Waals surface area (Å²) in [5, 5.41) is 2.26. The van der Waals surface area contributed by atoms with Gasteiger partial charge in [0.1, 0.15) is 6.04 Å². The van der Waals surface area contributed by atoms with Crippen molar-refractivity contribution in [2.45, 2.75) is 97.7 Å². The number of aromatic nitrogens is 1. The van der Waals surface area contributed by atoms with Crippen LogP contribution in [-0.2, 0) is 27.3 Å². The van der Waals surface area contributed by atoms with Gasteiger partial charge in [-0.15, -0.1) is 0 Å². The van der Waals surface area contributed by atoms with Crippen molar-refractivity contribution >= 4 is 40.8 Å². The van der Waals surface area contributed by atoms with E-state index >= 15 is 0 Å². The number of hydrogen-bond acceptors (Lipinski definition) is 11. The predicted molar refractivity (Wildman–Crippen MR) is 262 cm³/mol. The number of H-pyrrole nitrogens is 1. The van der Waals surface area contributed by atoms with E-state index in [0.29, 0.717) is 35.1 Å². The van der Waals surface area contributed by atoms with Crippen LogP contribution in [0.25, 0.3) is 11.1 Å². The summed E-state index contributed by atoms with van der Waals surface area (Å²) in [5.74, 6) is -1.28. The fraction of sp³-hybridized carbons (Fsp3) is 0.481. The van der Waals surface area contributed by atoms with E-state index in [-0.39, 0.29) is 36.5 Å². The van der Waals surface area contributed by atoms with Crippen molar-refractivity contribution < 1.29 is 28.7 Å². The number of pyridine rings is 1. The normalized spacial score (nSPS) is 20.0. The lowest BCUT2D eigenvalue weighted by Gasteiger charge is -2.39. The second kappa shape index (κ2) is 20.3. The lowest BCUT2D eigenvalue weighted by Crippen LogP contribution is -2.54.